The predicted molar refractivity (Wildman–Crippen MR) is 141 cm³/mol. The number of likely N-dealkylation sites (tertiary alicyclic amines) is 1. The predicted octanol–water partition coefficient (Wildman–Crippen LogP) is 7.92. The fourth-order valence-electron chi connectivity index (χ4n) is 5.99. The lowest BCUT2D eigenvalue weighted by atomic mass is 9.77. The molecule has 2 fully saturated rings. The van der Waals surface area contributed by atoms with Gasteiger partial charge in [-0.2, -0.15) is 0 Å². The van der Waals surface area contributed by atoms with Crippen molar-refractivity contribution in [2.45, 2.75) is 74.5 Å². The maximum absolute atomic E-state index is 13.7. The fraction of sp³-hybridized carbons (Fsp3) is 0.500. The van der Waals surface area contributed by atoms with Crippen LogP contribution in [0.3, 0.4) is 0 Å². The van der Waals surface area contributed by atoms with Crippen molar-refractivity contribution in [3.8, 4) is 0 Å². The Morgan fingerprint density at radius 2 is 1.89 bits per heavy atom. The van der Waals surface area contributed by atoms with Gasteiger partial charge < -0.3 is 4.42 Å². The quantitative estimate of drug-likeness (QED) is 0.319. The zero-order chi connectivity index (χ0) is 24.0. The molecule has 1 aliphatic heterocycles. The summed E-state index contributed by atoms with van der Waals surface area (Å²) >= 11 is 1.82. The molecular formula is C30H37FN2OS. The average molecular weight is 493 g/mol. The van der Waals surface area contributed by atoms with Crippen LogP contribution in [0.2, 0.25) is 0 Å². The average Bonchev–Trinajstić information content (AvgIpc) is 3.33. The Labute approximate surface area is 213 Å². The van der Waals surface area contributed by atoms with Crippen LogP contribution in [-0.4, -0.2) is 28.2 Å². The SMILES string of the molecule is CCC1CCN(Cc2cnc(C(c3ccccc3)C3CCCCC3)o2)CC1Sc1cccc(F)c1. The van der Waals surface area contributed by atoms with Gasteiger partial charge >= 0.3 is 0 Å². The standard InChI is InChI=1S/C30H37FN2OS/c1-2-22-16-17-33(21-28(22)35-27-15-9-14-25(31)18-27)20-26-19-32-30(34-26)29(23-10-5-3-6-11-23)24-12-7-4-8-13-24/h3,5-6,9-11,14-15,18-19,22,24,28-29H,2,4,7-8,12-13,16-17,20-21H2,1H3. The summed E-state index contributed by atoms with van der Waals surface area (Å²) in [4.78, 5) is 8.34. The summed E-state index contributed by atoms with van der Waals surface area (Å²) in [6.45, 7) is 5.12. The summed E-state index contributed by atoms with van der Waals surface area (Å²) in [5, 5.41) is 0.456. The molecule has 5 rings (SSSR count). The fourth-order valence-corrected chi connectivity index (χ4v) is 7.49. The van der Waals surface area contributed by atoms with E-state index in [1.54, 1.807) is 6.07 Å². The van der Waals surface area contributed by atoms with Crippen molar-refractivity contribution in [1.82, 2.24) is 9.88 Å². The maximum Gasteiger partial charge on any atom is 0.202 e. The number of benzene rings is 2. The first-order valence-corrected chi connectivity index (χ1v) is 14.2. The Morgan fingerprint density at radius 1 is 1.06 bits per heavy atom. The normalized spacial score (nSPS) is 22.8. The van der Waals surface area contributed by atoms with Gasteiger partial charge in [-0.1, -0.05) is 69.0 Å². The van der Waals surface area contributed by atoms with E-state index in [0.717, 1.165) is 42.6 Å². The minimum absolute atomic E-state index is 0.157. The van der Waals surface area contributed by atoms with E-state index in [1.165, 1.54) is 50.2 Å². The highest BCUT2D eigenvalue weighted by Crippen LogP contribution is 2.40. The number of thioether (sulfide) groups is 1. The molecule has 0 radical (unpaired) electrons. The molecule has 2 heterocycles. The van der Waals surface area contributed by atoms with Gasteiger partial charge in [0.2, 0.25) is 5.89 Å². The van der Waals surface area contributed by atoms with E-state index in [4.69, 9.17) is 9.40 Å². The van der Waals surface area contributed by atoms with Crippen molar-refractivity contribution >= 4 is 11.8 Å². The lowest BCUT2D eigenvalue weighted by Crippen LogP contribution is -2.41. The molecule has 186 valence electrons. The van der Waals surface area contributed by atoms with Crippen molar-refractivity contribution in [1.29, 1.82) is 0 Å². The monoisotopic (exact) mass is 492 g/mol. The largest absolute Gasteiger partial charge is 0.444 e. The van der Waals surface area contributed by atoms with Crippen LogP contribution in [0.15, 0.2) is 70.1 Å². The zero-order valence-corrected chi connectivity index (χ0v) is 21.6. The molecule has 3 atom stereocenters. The molecule has 5 heteroatoms. The Kier molecular flexibility index (Phi) is 8.25. The second-order valence-corrected chi connectivity index (χ2v) is 11.6. The zero-order valence-electron chi connectivity index (χ0n) is 20.7. The number of nitrogens with zero attached hydrogens (tertiary/aromatic N) is 2. The molecule has 1 saturated carbocycles. The van der Waals surface area contributed by atoms with Gasteiger partial charge in [-0.05, 0) is 61.4 Å². The number of aromatic nitrogens is 1. The lowest BCUT2D eigenvalue weighted by molar-refractivity contribution is 0.168. The highest BCUT2D eigenvalue weighted by molar-refractivity contribution is 8.00. The Bertz CT molecular complexity index is 1060. The summed E-state index contributed by atoms with van der Waals surface area (Å²) < 4.78 is 20.2. The summed E-state index contributed by atoms with van der Waals surface area (Å²) in [6, 6.07) is 17.8. The molecule has 0 bridgehead atoms. The molecular weight excluding hydrogens is 455 g/mol. The number of rotatable bonds is 8. The highest BCUT2D eigenvalue weighted by atomic mass is 32.2. The maximum atomic E-state index is 13.7. The topological polar surface area (TPSA) is 29.3 Å². The van der Waals surface area contributed by atoms with Gasteiger partial charge in [0.25, 0.3) is 0 Å². The number of piperidine rings is 1. The van der Waals surface area contributed by atoms with Crippen LogP contribution in [0.25, 0.3) is 0 Å². The molecule has 1 aliphatic carbocycles. The van der Waals surface area contributed by atoms with Gasteiger partial charge in [-0.15, -0.1) is 11.8 Å². The van der Waals surface area contributed by atoms with Crippen LogP contribution in [0.5, 0.6) is 0 Å². The van der Waals surface area contributed by atoms with Crippen molar-refractivity contribution in [2.75, 3.05) is 13.1 Å². The van der Waals surface area contributed by atoms with Crippen molar-refractivity contribution in [3.05, 3.63) is 83.8 Å². The molecule has 2 aliphatic rings. The van der Waals surface area contributed by atoms with Gasteiger partial charge in [0.15, 0.2) is 0 Å². The van der Waals surface area contributed by atoms with E-state index in [9.17, 15) is 4.39 Å². The van der Waals surface area contributed by atoms with Gasteiger partial charge in [0.05, 0.1) is 18.7 Å². The Balaban J connectivity index is 1.29. The van der Waals surface area contributed by atoms with E-state index < -0.39 is 0 Å². The Hall–Kier alpha value is -2.11. The third-order valence-corrected chi connectivity index (χ3v) is 9.25. The molecule has 0 N–H and O–H groups in total. The smallest absolute Gasteiger partial charge is 0.202 e. The van der Waals surface area contributed by atoms with Crippen LogP contribution in [0.1, 0.15) is 75.0 Å². The summed E-state index contributed by atoms with van der Waals surface area (Å²) in [6.07, 6.45) is 10.7. The summed E-state index contributed by atoms with van der Waals surface area (Å²) in [5.74, 6) is 3.18. The van der Waals surface area contributed by atoms with Crippen LogP contribution in [0, 0.1) is 17.7 Å². The number of hydrogen-bond donors (Lipinski definition) is 0. The molecule has 2 aromatic carbocycles. The van der Waals surface area contributed by atoms with E-state index in [0.29, 0.717) is 17.1 Å². The molecule has 0 amide bonds. The first kappa shape index (κ1) is 24.6. The highest BCUT2D eigenvalue weighted by Gasteiger charge is 2.32. The summed E-state index contributed by atoms with van der Waals surface area (Å²) in [5.41, 5.74) is 1.32. The molecule has 3 unspecified atom stereocenters. The van der Waals surface area contributed by atoms with Gasteiger partial charge in [0.1, 0.15) is 11.6 Å². The Morgan fingerprint density at radius 3 is 2.66 bits per heavy atom. The lowest BCUT2D eigenvalue weighted by Gasteiger charge is -2.37. The van der Waals surface area contributed by atoms with Crippen LogP contribution >= 0.6 is 11.8 Å². The van der Waals surface area contributed by atoms with E-state index in [1.807, 2.05) is 30.1 Å². The first-order chi connectivity index (χ1) is 17.2. The number of oxazole rings is 1. The molecule has 3 nitrogen and oxygen atoms in total. The number of halogens is 1. The molecule has 35 heavy (non-hydrogen) atoms. The molecule has 1 aromatic heterocycles. The van der Waals surface area contributed by atoms with Crippen LogP contribution in [0.4, 0.5) is 4.39 Å². The van der Waals surface area contributed by atoms with E-state index in [-0.39, 0.29) is 11.7 Å². The third-order valence-electron chi connectivity index (χ3n) is 7.88. The first-order valence-electron chi connectivity index (χ1n) is 13.3. The van der Waals surface area contributed by atoms with E-state index >= 15 is 0 Å². The van der Waals surface area contributed by atoms with E-state index in [2.05, 4.69) is 42.2 Å². The summed E-state index contributed by atoms with van der Waals surface area (Å²) in [7, 11) is 0. The molecule has 1 saturated heterocycles. The van der Waals surface area contributed by atoms with Gasteiger partial charge in [0, 0.05) is 16.7 Å². The third kappa shape index (κ3) is 6.18. The van der Waals surface area contributed by atoms with Crippen LogP contribution in [-0.2, 0) is 6.54 Å². The second-order valence-electron chi connectivity index (χ2n) is 10.3. The van der Waals surface area contributed by atoms with Crippen LogP contribution < -0.4 is 0 Å². The van der Waals surface area contributed by atoms with Gasteiger partial charge in [-0.3, -0.25) is 4.90 Å². The van der Waals surface area contributed by atoms with Crippen molar-refractivity contribution in [2.24, 2.45) is 11.8 Å². The van der Waals surface area contributed by atoms with Gasteiger partial charge in [-0.25, -0.2) is 9.37 Å². The van der Waals surface area contributed by atoms with Crippen molar-refractivity contribution < 1.29 is 8.81 Å². The number of hydrogen-bond acceptors (Lipinski definition) is 4. The molecule has 0 spiro atoms. The second kappa shape index (κ2) is 11.7. The minimum Gasteiger partial charge on any atom is -0.444 e. The minimum atomic E-state index is -0.157. The van der Waals surface area contributed by atoms with Crippen molar-refractivity contribution in [3.63, 3.8) is 0 Å². The molecule has 3 aromatic rings.